The number of carbonyl (C=O) groups is 2. The van der Waals surface area contributed by atoms with Crippen molar-refractivity contribution in [3.05, 3.63) is 111 Å². The Morgan fingerprint density at radius 3 is 2.29 bits per heavy atom. The molecule has 3 aromatic rings. The van der Waals surface area contributed by atoms with Crippen LogP contribution < -0.4 is 5.32 Å². The number of halogens is 1. The number of hydrogen-bond donors (Lipinski definition) is 1. The van der Waals surface area contributed by atoms with Crippen LogP contribution in [0.5, 0.6) is 0 Å². The number of nitrogens with zero attached hydrogens (tertiary/aromatic N) is 2. The number of benzene rings is 3. The van der Waals surface area contributed by atoms with Gasteiger partial charge in [0.15, 0.2) is 0 Å². The van der Waals surface area contributed by atoms with Gasteiger partial charge in [0.2, 0.25) is 11.8 Å². The standard InChI is InChI=1S/C26H26ClN3O4S/c1-28-26(32)24(15-19-7-3-2-4-8-19)29(16-21-9-5-6-10-23(21)27)25(31)18-35-17-20-11-13-22(14-12-20)30(33)34/h2-14,24H,15-18H2,1H3,(H,28,32)/t24-/m0/s1. The molecule has 0 radical (unpaired) electrons. The summed E-state index contributed by atoms with van der Waals surface area (Å²) in [5, 5.41) is 14.1. The molecule has 2 amide bonds. The van der Waals surface area contributed by atoms with Crippen LogP contribution in [0.4, 0.5) is 5.69 Å². The number of hydrogen-bond acceptors (Lipinski definition) is 5. The van der Waals surface area contributed by atoms with Gasteiger partial charge in [-0.05, 0) is 22.8 Å². The Kier molecular flexibility index (Phi) is 9.69. The fraction of sp³-hybridized carbons (Fsp3) is 0.231. The highest BCUT2D eigenvalue weighted by molar-refractivity contribution is 7.99. The van der Waals surface area contributed by atoms with Crippen LogP contribution >= 0.6 is 23.4 Å². The van der Waals surface area contributed by atoms with Gasteiger partial charge in [0.05, 0.1) is 10.7 Å². The third-order valence-electron chi connectivity index (χ3n) is 5.46. The number of likely N-dealkylation sites (N-methyl/N-ethyl adjacent to an activating group) is 1. The molecule has 1 N–H and O–H groups in total. The first-order valence-electron chi connectivity index (χ1n) is 11.0. The molecule has 0 spiro atoms. The van der Waals surface area contributed by atoms with Crippen molar-refractivity contribution in [3.8, 4) is 0 Å². The molecule has 35 heavy (non-hydrogen) atoms. The minimum absolute atomic E-state index is 0.0232. The minimum atomic E-state index is -0.717. The first-order valence-corrected chi connectivity index (χ1v) is 12.5. The summed E-state index contributed by atoms with van der Waals surface area (Å²) in [5.74, 6) is 0.201. The predicted molar refractivity (Wildman–Crippen MR) is 139 cm³/mol. The predicted octanol–water partition coefficient (Wildman–Crippen LogP) is 4.87. The van der Waals surface area contributed by atoms with Crippen molar-refractivity contribution in [2.24, 2.45) is 0 Å². The molecule has 0 aromatic heterocycles. The molecule has 0 saturated heterocycles. The maximum Gasteiger partial charge on any atom is 0.269 e. The third-order valence-corrected chi connectivity index (χ3v) is 6.81. The van der Waals surface area contributed by atoms with Crippen LogP contribution in [0, 0.1) is 10.1 Å². The summed E-state index contributed by atoms with van der Waals surface area (Å²) in [7, 11) is 1.56. The van der Waals surface area contributed by atoms with Crippen molar-refractivity contribution in [1.29, 1.82) is 0 Å². The molecule has 182 valence electrons. The van der Waals surface area contributed by atoms with Crippen molar-refractivity contribution in [2.45, 2.75) is 24.8 Å². The van der Waals surface area contributed by atoms with Crippen LogP contribution in [-0.2, 0) is 28.3 Å². The first-order chi connectivity index (χ1) is 16.9. The summed E-state index contributed by atoms with van der Waals surface area (Å²) >= 11 is 7.77. The average Bonchev–Trinajstić information content (AvgIpc) is 2.87. The molecule has 0 fully saturated rings. The van der Waals surface area contributed by atoms with Crippen LogP contribution in [0.3, 0.4) is 0 Å². The van der Waals surface area contributed by atoms with E-state index in [4.69, 9.17) is 11.6 Å². The van der Waals surface area contributed by atoms with E-state index in [0.29, 0.717) is 17.2 Å². The Bertz CT molecular complexity index is 1160. The van der Waals surface area contributed by atoms with Crippen LogP contribution in [0.25, 0.3) is 0 Å². The molecular formula is C26H26ClN3O4S. The number of amides is 2. The first kappa shape index (κ1) is 26.2. The second-order valence-electron chi connectivity index (χ2n) is 7.85. The van der Waals surface area contributed by atoms with Crippen molar-refractivity contribution in [1.82, 2.24) is 10.2 Å². The highest BCUT2D eigenvalue weighted by Gasteiger charge is 2.30. The maximum atomic E-state index is 13.4. The molecule has 0 unspecified atom stereocenters. The van der Waals surface area contributed by atoms with Gasteiger partial charge in [0, 0.05) is 42.9 Å². The lowest BCUT2D eigenvalue weighted by molar-refractivity contribution is -0.384. The van der Waals surface area contributed by atoms with E-state index in [0.717, 1.165) is 16.7 Å². The quantitative estimate of drug-likeness (QED) is 0.293. The number of nitro groups is 1. The minimum Gasteiger partial charge on any atom is -0.357 e. The number of non-ortho nitro benzene ring substituents is 1. The summed E-state index contributed by atoms with van der Waals surface area (Å²) in [5.41, 5.74) is 2.59. The lowest BCUT2D eigenvalue weighted by Crippen LogP contribution is -2.50. The van der Waals surface area contributed by atoms with E-state index in [1.54, 1.807) is 30.1 Å². The zero-order valence-corrected chi connectivity index (χ0v) is 20.8. The second-order valence-corrected chi connectivity index (χ2v) is 9.24. The molecule has 3 aromatic carbocycles. The summed E-state index contributed by atoms with van der Waals surface area (Å²) in [6.45, 7) is 0.196. The smallest absolute Gasteiger partial charge is 0.269 e. The fourth-order valence-corrected chi connectivity index (χ4v) is 4.65. The lowest BCUT2D eigenvalue weighted by Gasteiger charge is -2.31. The zero-order valence-electron chi connectivity index (χ0n) is 19.2. The summed E-state index contributed by atoms with van der Waals surface area (Å²) in [6, 6.07) is 22.4. The van der Waals surface area contributed by atoms with E-state index in [9.17, 15) is 19.7 Å². The topological polar surface area (TPSA) is 92.6 Å². The van der Waals surface area contributed by atoms with Gasteiger partial charge in [0.1, 0.15) is 6.04 Å². The number of nitrogens with one attached hydrogen (secondary N) is 1. The monoisotopic (exact) mass is 511 g/mol. The van der Waals surface area contributed by atoms with Crippen molar-refractivity contribution in [3.63, 3.8) is 0 Å². The third kappa shape index (κ3) is 7.56. The maximum absolute atomic E-state index is 13.4. The molecular weight excluding hydrogens is 486 g/mol. The van der Waals surface area contributed by atoms with Gasteiger partial charge in [-0.15, -0.1) is 11.8 Å². The molecule has 7 nitrogen and oxygen atoms in total. The Hall–Kier alpha value is -3.36. The molecule has 9 heteroatoms. The highest BCUT2D eigenvalue weighted by Crippen LogP contribution is 2.22. The van der Waals surface area contributed by atoms with Gasteiger partial charge < -0.3 is 10.2 Å². The van der Waals surface area contributed by atoms with Crippen LogP contribution in [0.1, 0.15) is 16.7 Å². The van der Waals surface area contributed by atoms with Gasteiger partial charge in [-0.2, -0.15) is 0 Å². The molecule has 0 heterocycles. The van der Waals surface area contributed by atoms with Gasteiger partial charge in [-0.1, -0.05) is 72.3 Å². The molecule has 3 rings (SSSR count). The van der Waals surface area contributed by atoms with E-state index in [-0.39, 0.29) is 29.8 Å². The van der Waals surface area contributed by atoms with E-state index < -0.39 is 11.0 Å². The van der Waals surface area contributed by atoms with Gasteiger partial charge in [-0.25, -0.2) is 0 Å². The van der Waals surface area contributed by atoms with Crippen LogP contribution in [-0.4, -0.2) is 40.5 Å². The number of thioether (sulfide) groups is 1. The Balaban J connectivity index is 1.78. The number of nitro benzene ring substituents is 1. The van der Waals surface area contributed by atoms with Crippen LogP contribution in [0.15, 0.2) is 78.9 Å². The Morgan fingerprint density at radius 1 is 1.00 bits per heavy atom. The van der Waals surface area contributed by atoms with Gasteiger partial charge in [0.25, 0.3) is 5.69 Å². The molecule has 0 aliphatic rings. The zero-order chi connectivity index (χ0) is 25.2. The number of rotatable bonds is 11. The average molecular weight is 512 g/mol. The summed E-state index contributed by atoms with van der Waals surface area (Å²) < 4.78 is 0. The van der Waals surface area contributed by atoms with Crippen molar-refractivity contribution < 1.29 is 14.5 Å². The second kappa shape index (κ2) is 12.9. The Morgan fingerprint density at radius 2 is 1.66 bits per heavy atom. The van der Waals surface area contributed by atoms with E-state index in [1.807, 2.05) is 48.5 Å². The molecule has 1 atom stereocenters. The van der Waals surface area contributed by atoms with Crippen molar-refractivity contribution in [2.75, 3.05) is 12.8 Å². The molecule has 0 aliphatic carbocycles. The lowest BCUT2D eigenvalue weighted by atomic mass is 10.0. The molecule has 0 bridgehead atoms. The van der Waals surface area contributed by atoms with Gasteiger partial charge >= 0.3 is 0 Å². The van der Waals surface area contributed by atoms with E-state index in [1.165, 1.54) is 23.9 Å². The van der Waals surface area contributed by atoms with E-state index >= 15 is 0 Å². The fourth-order valence-electron chi connectivity index (χ4n) is 3.58. The van der Waals surface area contributed by atoms with Crippen LogP contribution in [0.2, 0.25) is 5.02 Å². The summed E-state index contributed by atoms with van der Waals surface area (Å²) in [6.07, 6.45) is 0.365. The highest BCUT2D eigenvalue weighted by atomic mass is 35.5. The molecule has 0 saturated carbocycles. The normalized spacial score (nSPS) is 11.5. The summed E-state index contributed by atoms with van der Waals surface area (Å²) in [4.78, 5) is 38.3. The largest absolute Gasteiger partial charge is 0.357 e. The van der Waals surface area contributed by atoms with Crippen molar-refractivity contribution >= 4 is 40.9 Å². The molecule has 0 aliphatic heterocycles. The number of carbonyl (C=O) groups excluding carboxylic acids is 2. The van der Waals surface area contributed by atoms with Gasteiger partial charge in [-0.3, -0.25) is 19.7 Å². The van der Waals surface area contributed by atoms with E-state index in [2.05, 4.69) is 5.32 Å². The Labute approximate surface area is 213 Å². The SMILES string of the molecule is CNC(=O)[C@H](Cc1ccccc1)N(Cc1ccccc1Cl)C(=O)CSCc1ccc([N+](=O)[O-])cc1.